The SMILES string of the molecule is Cc1cnc(NC(=O)N2CCCC(CO)C2)s1. The van der Waals surface area contributed by atoms with Crippen molar-refractivity contribution in [2.24, 2.45) is 5.92 Å². The van der Waals surface area contributed by atoms with Crippen LogP contribution in [-0.4, -0.2) is 40.7 Å². The minimum absolute atomic E-state index is 0.113. The second-order valence-corrected chi connectivity index (χ2v) is 5.58. The second-order valence-electron chi connectivity index (χ2n) is 4.34. The maximum Gasteiger partial charge on any atom is 0.323 e. The van der Waals surface area contributed by atoms with E-state index in [1.807, 2.05) is 6.92 Å². The van der Waals surface area contributed by atoms with E-state index >= 15 is 0 Å². The number of aryl methyl sites for hydroxylation is 1. The number of amides is 2. The molecule has 2 amide bonds. The van der Waals surface area contributed by atoms with Gasteiger partial charge in [0.15, 0.2) is 5.13 Å². The third-order valence-electron chi connectivity index (χ3n) is 2.90. The molecule has 1 aliphatic heterocycles. The molecule has 0 aromatic carbocycles. The van der Waals surface area contributed by atoms with Gasteiger partial charge in [-0.1, -0.05) is 0 Å². The lowest BCUT2D eigenvalue weighted by Crippen LogP contribution is -2.43. The number of aliphatic hydroxyl groups is 1. The van der Waals surface area contributed by atoms with Crippen molar-refractivity contribution in [3.05, 3.63) is 11.1 Å². The summed E-state index contributed by atoms with van der Waals surface area (Å²) in [5.41, 5.74) is 0. The Hall–Kier alpha value is -1.14. The Labute approximate surface area is 104 Å². The molecule has 1 fully saturated rings. The molecule has 0 radical (unpaired) electrons. The second kappa shape index (κ2) is 5.46. The van der Waals surface area contributed by atoms with Crippen molar-refractivity contribution in [2.75, 3.05) is 25.0 Å². The third-order valence-corrected chi connectivity index (χ3v) is 3.73. The number of aromatic nitrogens is 1. The molecule has 2 N–H and O–H groups in total. The summed E-state index contributed by atoms with van der Waals surface area (Å²) in [7, 11) is 0. The number of anilines is 1. The molecule has 2 rings (SSSR count). The first kappa shape index (κ1) is 12.3. The van der Waals surface area contributed by atoms with Crippen LogP contribution < -0.4 is 5.32 Å². The molecule has 5 nitrogen and oxygen atoms in total. The number of nitrogens with zero attached hydrogens (tertiary/aromatic N) is 2. The number of thiazole rings is 1. The maximum absolute atomic E-state index is 11.9. The number of rotatable bonds is 2. The maximum atomic E-state index is 11.9. The van der Waals surface area contributed by atoms with E-state index in [1.165, 1.54) is 11.3 Å². The fraction of sp³-hybridized carbons (Fsp3) is 0.636. The van der Waals surface area contributed by atoms with Crippen molar-refractivity contribution in [3.8, 4) is 0 Å². The lowest BCUT2D eigenvalue weighted by Gasteiger charge is -2.31. The predicted octanol–water partition coefficient (Wildman–Crippen LogP) is 1.69. The molecule has 2 heterocycles. The van der Waals surface area contributed by atoms with Gasteiger partial charge < -0.3 is 10.0 Å². The molecule has 1 unspecified atom stereocenters. The van der Waals surface area contributed by atoms with E-state index in [2.05, 4.69) is 10.3 Å². The van der Waals surface area contributed by atoms with Crippen molar-refractivity contribution in [2.45, 2.75) is 19.8 Å². The van der Waals surface area contributed by atoms with Crippen LogP contribution in [0.25, 0.3) is 0 Å². The van der Waals surface area contributed by atoms with Crippen LogP contribution in [-0.2, 0) is 0 Å². The Balaban J connectivity index is 1.91. The van der Waals surface area contributed by atoms with Crippen LogP contribution in [0.1, 0.15) is 17.7 Å². The standard InChI is InChI=1S/C11H17N3O2S/c1-8-5-12-10(17-8)13-11(16)14-4-2-3-9(6-14)7-15/h5,9,15H,2-4,6-7H2,1H3,(H,12,13,16). The van der Waals surface area contributed by atoms with Gasteiger partial charge in [0.1, 0.15) is 0 Å². The average molecular weight is 255 g/mol. The summed E-state index contributed by atoms with van der Waals surface area (Å²) < 4.78 is 0. The highest BCUT2D eigenvalue weighted by Crippen LogP contribution is 2.19. The molecule has 1 aliphatic rings. The van der Waals surface area contributed by atoms with Gasteiger partial charge in [0.2, 0.25) is 0 Å². The molecular weight excluding hydrogens is 238 g/mol. The van der Waals surface area contributed by atoms with Crippen LogP contribution in [0.4, 0.5) is 9.93 Å². The minimum Gasteiger partial charge on any atom is -0.396 e. The van der Waals surface area contributed by atoms with Gasteiger partial charge in [0, 0.05) is 30.8 Å². The topological polar surface area (TPSA) is 65.5 Å². The van der Waals surface area contributed by atoms with Gasteiger partial charge >= 0.3 is 6.03 Å². The van der Waals surface area contributed by atoms with Crippen LogP contribution in [0.5, 0.6) is 0 Å². The number of piperidine rings is 1. The Morgan fingerprint density at radius 1 is 1.76 bits per heavy atom. The first-order chi connectivity index (χ1) is 8.19. The summed E-state index contributed by atoms with van der Waals surface area (Å²) in [6, 6.07) is -0.113. The van der Waals surface area contributed by atoms with Crippen molar-refractivity contribution in [3.63, 3.8) is 0 Å². The number of carbonyl (C=O) groups excluding carboxylic acids is 1. The van der Waals surface area contributed by atoms with E-state index in [4.69, 9.17) is 5.11 Å². The minimum atomic E-state index is -0.113. The number of aliphatic hydroxyl groups excluding tert-OH is 1. The van der Waals surface area contributed by atoms with Gasteiger partial charge in [0.25, 0.3) is 0 Å². The molecule has 1 atom stereocenters. The summed E-state index contributed by atoms with van der Waals surface area (Å²) >= 11 is 1.47. The van der Waals surface area contributed by atoms with E-state index in [1.54, 1.807) is 11.1 Å². The zero-order valence-electron chi connectivity index (χ0n) is 9.85. The van der Waals surface area contributed by atoms with Crippen molar-refractivity contribution in [1.29, 1.82) is 0 Å². The van der Waals surface area contributed by atoms with Gasteiger partial charge in [-0.3, -0.25) is 5.32 Å². The van der Waals surface area contributed by atoms with Gasteiger partial charge in [-0.25, -0.2) is 9.78 Å². The molecule has 0 saturated carbocycles. The Kier molecular flexibility index (Phi) is 3.96. The van der Waals surface area contributed by atoms with Crippen molar-refractivity contribution < 1.29 is 9.90 Å². The van der Waals surface area contributed by atoms with Gasteiger partial charge in [0.05, 0.1) is 0 Å². The predicted molar refractivity (Wildman–Crippen MR) is 67.3 cm³/mol. The van der Waals surface area contributed by atoms with Crippen LogP contribution in [0, 0.1) is 12.8 Å². The summed E-state index contributed by atoms with van der Waals surface area (Å²) in [4.78, 5) is 18.9. The average Bonchev–Trinajstić information content (AvgIpc) is 2.75. The first-order valence-corrected chi connectivity index (χ1v) is 6.60. The molecule has 0 aliphatic carbocycles. The monoisotopic (exact) mass is 255 g/mol. The van der Waals surface area contributed by atoms with Crippen LogP contribution in [0.2, 0.25) is 0 Å². The molecule has 17 heavy (non-hydrogen) atoms. The number of likely N-dealkylation sites (tertiary alicyclic amines) is 1. The van der Waals surface area contributed by atoms with E-state index < -0.39 is 0 Å². The van der Waals surface area contributed by atoms with E-state index in [9.17, 15) is 4.79 Å². The molecule has 1 aromatic rings. The summed E-state index contributed by atoms with van der Waals surface area (Å²) in [5.74, 6) is 0.215. The molecule has 0 spiro atoms. The third kappa shape index (κ3) is 3.17. The number of hydrogen-bond donors (Lipinski definition) is 2. The number of carbonyl (C=O) groups is 1. The molecule has 6 heteroatoms. The Morgan fingerprint density at radius 3 is 3.24 bits per heavy atom. The van der Waals surface area contributed by atoms with E-state index in [-0.39, 0.29) is 18.6 Å². The van der Waals surface area contributed by atoms with Gasteiger partial charge in [-0.15, -0.1) is 11.3 Å². The molecule has 0 bridgehead atoms. The quantitative estimate of drug-likeness (QED) is 0.845. The molecule has 1 aromatic heterocycles. The van der Waals surface area contributed by atoms with Crippen LogP contribution in [0.15, 0.2) is 6.20 Å². The Morgan fingerprint density at radius 2 is 2.59 bits per heavy atom. The van der Waals surface area contributed by atoms with E-state index in [0.717, 1.165) is 24.3 Å². The van der Waals surface area contributed by atoms with Crippen molar-refractivity contribution >= 4 is 22.5 Å². The summed E-state index contributed by atoms with van der Waals surface area (Å²) in [6.07, 6.45) is 3.69. The fourth-order valence-corrected chi connectivity index (χ4v) is 2.64. The number of nitrogens with one attached hydrogen (secondary N) is 1. The van der Waals surface area contributed by atoms with Crippen LogP contribution >= 0.6 is 11.3 Å². The molecular formula is C11H17N3O2S. The zero-order chi connectivity index (χ0) is 12.3. The first-order valence-electron chi connectivity index (χ1n) is 5.78. The normalized spacial score (nSPS) is 20.4. The Bertz CT molecular complexity index is 394. The van der Waals surface area contributed by atoms with E-state index in [0.29, 0.717) is 11.7 Å². The van der Waals surface area contributed by atoms with Gasteiger partial charge in [-0.05, 0) is 25.7 Å². The summed E-state index contributed by atoms with van der Waals surface area (Å²) in [6.45, 7) is 3.50. The highest BCUT2D eigenvalue weighted by molar-refractivity contribution is 7.15. The lowest BCUT2D eigenvalue weighted by atomic mass is 9.99. The number of hydrogen-bond acceptors (Lipinski definition) is 4. The lowest BCUT2D eigenvalue weighted by molar-refractivity contribution is 0.136. The smallest absolute Gasteiger partial charge is 0.323 e. The van der Waals surface area contributed by atoms with Gasteiger partial charge in [-0.2, -0.15) is 0 Å². The molecule has 94 valence electrons. The highest BCUT2D eigenvalue weighted by atomic mass is 32.1. The summed E-state index contributed by atoms with van der Waals surface area (Å²) in [5, 5.41) is 12.5. The van der Waals surface area contributed by atoms with Crippen molar-refractivity contribution in [1.82, 2.24) is 9.88 Å². The van der Waals surface area contributed by atoms with Crippen LogP contribution in [0.3, 0.4) is 0 Å². The molecule has 1 saturated heterocycles. The fourth-order valence-electron chi connectivity index (χ4n) is 1.98. The largest absolute Gasteiger partial charge is 0.396 e. The highest BCUT2D eigenvalue weighted by Gasteiger charge is 2.23. The number of urea groups is 1. The zero-order valence-corrected chi connectivity index (χ0v) is 10.7.